The molecule has 0 N–H and O–H groups in total. The summed E-state index contributed by atoms with van der Waals surface area (Å²) in [5.74, 6) is 0.631. The molecular formula is C9H17NO2. The monoisotopic (exact) mass is 171 g/mol. The zero-order valence-corrected chi connectivity index (χ0v) is 7.82. The molecule has 0 spiro atoms. The van der Waals surface area contributed by atoms with Crippen LogP contribution in [0.2, 0.25) is 0 Å². The van der Waals surface area contributed by atoms with Crippen LogP contribution >= 0.6 is 0 Å². The van der Waals surface area contributed by atoms with Gasteiger partial charge < -0.3 is 9.64 Å². The number of likely N-dealkylation sites (tertiary alicyclic amines) is 1. The molecule has 3 heteroatoms. The van der Waals surface area contributed by atoms with Gasteiger partial charge in [-0.25, -0.2) is 0 Å². The van der Waals surface area contributed by atoms with Gasteiger partial charge in [0.1, 0.15) is 0 Å². The Bertz CT molecular complexity index is 141. The van der Waals surface area contributed by atoms with Crippen LogP contribution in [0.3, 0.4) is 0 Å². The van der Waals surface area contributed by atoms with Crippen molar-refractivity contribution in [3.63, 3.8) is 0 Å². The summed E-state index contributed by atoms with van der Waals surface area (Å²) in [5.41, 5.74) is 0. The molecule has 3 nitrogen and oxygen atoms in total. The summed E-state index contributed by atoms with van der Waals surface area (Å²) < 4.78 is 5.25. The highest BCUT2D eigenvalue weighted by Gasteiger charge is 2.22. The smallest absolute Gasteiger partial charge is 0.209 e. The van der Waals surface area contributed by atoms with Gasteiger partial charge in [-0.05, 0) is 25.7 Å². The Morgan fingerprint density at radius 2 is 2.08 bits per heavy atom. The van der Waals surface area contributed by atoms with E-state index in [-0.39, 0.29) is 0 Å². The summed E-state index contributed by atoms with van der Waals surface area (Å²) in [5, 5.41) is 0. The molecule has 0 aromatic rings. The predicted molar refractivity (Wildman–Crippen MR) is 46.8 cm³/mol. The van der Waals surface area contributed by atoms with Crippen LogP contribution in [0.25, 0.3) is 0 Å². The normalized spacial score (nSPS) is 22.3. The highest BCUT2D eigenvalue weighted by atomic mass is 16.5. The Kier molecular flexibility index (Phi) is 3.53. The van der Waals surface area contributed by atoms with Crippen LogP contribution in [-0.2, 0) is 9.53 Å². The lowest BCUT2D eigenvalue weighted by Gasteiger charge is -2.32. The molecule has 70 valence electrons. The van der Waals surface area contributed by atoms with E-state index in [1.54, 1.807) is 7.11 Å². The molecule has 1 amide bonds. The molecule has 0 radical (unpaired) electrons. The van der Waals surface area contributed by atoms with E-state index in [2.05, 4.69) is 6.92 Å². The van der Waals surface area contributed by atoms with Gasteiger partial charge in [0.15, 0.2) is 0 Å². The standard InChI is InChI=1S/C9H17NO2/c1-8(12-2)9-3-5-10(7-11)6-4-9/h7-9H,3-6H2,1-2H3. The van der Waals surface area contributed by atoms with Crippen molar-refractivity contribution in [2.24, 2.45) is 5.92 Å². The fourth-order valence-electron chi connectivity index (χ4n) is 1.69. The minimum Gasteiger partial charge on any atom is -0.381 e. The maximum absolute atomic E-state index is 10.4. The molecular weight excluding hydrogens is 154 g/mol. The van der Waals surface area contributed by atoms with Crippen molar-refractivity contribution in [3.8, 4) is 0 Å². The van der Waals surface area contributed by atoms with Gasteiger partial charge in [-0.1, -0.05) is 0 Å². The van der Waals surface area contributed by atoms with E-state index in [1.807, 2.05) is 4.90 Å². The fourth-order valence-corrected chi connectivity index (χ4v) is 1.69. The van der Waals surface area contributed by atoms with Crippen LogP contribution < -0.4 is 0 Å². The maximum atomic E-state index is 10.4. The predicted octanol–water partition coefficient (Wildman–Crippen LogP) is 0.890. The van der Waals surface area contributed by atoms with E-state index in [9.17, 15) is 4.79 Å². The highest BCUT2D eigenvalue weighted by Crippen LogP contribution is 2.20. The van der Waals surface area contributed by atoms with Crippen molar-refractivity contribution >= 4 is 6.41 Å². The average Bonchev–Trinajstić information content (AvgIpc) is 2.17. The number of carbonyl (C=O) groups excluding carboxylic acids is 1. The number of hydrogen-bond donors (Lipinski definition) is 0. The van der Waals surface area contributed by atoms with E-state index >= 15 is 0 Å². The topological polar surface area (TPSA) is 29.5 Å². The van der Waals surface area contributed by atoms with Gasteiger partial charge in [-0.15, -0.1) is 0 Å². The van der Waals surface area contributed by atoms with Crippen LogP contribution in [-0.4, -0.2) is 37.6 Å². The Hall–Kier alpha value is -0.570. The number of amides is 1. The van der Waals surface area contributed by atoms with Crippen molar-refractivity contribution in [2.75, 3.05) is 20.2 Å². The Morgan fingerprint density at radius 1 is 1.50 bits per heavy atom. The van der Waals surface area contributed by atoms with Crippen molar-refractivity contribution < 1.29 is 9.53 Å². The number of hydrogen-bond acceptors (Lipinski definition) is 2. The Morgan fingerprint density at radius 3 is 2.50 bits per heavy atom. The molecule has 0 aliphatic carbocycles. The summed E-state index contributed by atoms with van der Waals surface area (Å²) in [6.45, 7) is 3.88. The average molecular weight is 171 g/mol. The highest BCUT2D eigenvalue weighted by molar-refractivity contribution is 5.47. The number of ether oxygens (including phenoxy) is 1. The van der Waals surface area contributed by atoms with E-state index in [0.717, 1.165) is 32.3 Å². The molecule has 12 heavy (non-hydrogen) atoms. The van der Waals surface area contributed by atoms with E-state index in [4.69, 9.17) is 4.74 Å². The summed E-state index contributed by atoms with van der Waals surface area (Å²) >= 11 is 0. The summed E-state index contributed by atoms with van der Waals surface area (Å²) in [6, 6.07) is 0. The second kappa shape index (κ2) is 4.45. The molecule has 1 aliphatic rings. The first-order chi connectivity index (χ1) is 5.77. The fraction of sp³-hybridized carbons (Fsp3) is 0.889. The molecule has 0 bridgehead atoms. The molecule has 1 rings (SSSR count). The molecule has 1 fully saturated rings. The summed E-state index contributed by atoms with van der Waals surface area (Å²) in [6.07, 6.45) is 3.42. The Balaban J connectivity index is 2.30. The second-order valence-corrected chi connectivity index (χ2v) is 3.42. The first-order valence-electron chi connectivity index (χ1n) is 4.50. The molecule has 1 heterocycles. The van der Waals surface area contributed by atoms with Crippen LogP contribution in [0, 0.1) is 5.92 Å². The third-order valence-electron chi connectivity index (χ3n) is 2.76. The second-order valence-electron chi connectivity index (χ2n) is 3.42. The SMILES string of the molecule is COC(C)C1CCN(C=O)CC1. The van der Waals surface area contributed by atoms with Crippen LogP contribution in [0.1, 0.15) is 19.8 Å². The molecule has 0 aromatic carbocycles. The van der Waals surface area contributed by atoms with Crippen LogP contribution in [0.15, 0.2) is 0 Å². The lowest BCUT2D eigenvalue weighted by Crippen LogP contribution is -2.36. The Labute approximate surface area is 73.7 Å². The first kappa shape index (κ1) is 9.52. The molecule has 1 saturated heterocycles. The van der Waals surface area contributed by atoms with Crippen molar-refractivity contribution in [3.05, 3.63) is 0 Å². The molecule has 0 aromatic heterocycles. The van der Waals surface area contributed by atoms with Crippen LogP contribution in [0.5, 0.6) is 0 Å². The van der Waals surface area contributed by atoms with Gasteiger partial charge >= 0.3 is 0 Å². The number of nitrogens with zero attached hydrogens (tertiary/aromatic N) is 1. The third kappa shape index (κ3) is 2.21. The number of carbonyl (C=O) groups is 1. The largest absolute Gasteiger partial charge is 0.381 e. The lowest BCUT2D eigenvalue weighted by atomic mass is 9.92. The summed E-state index contributed by atoms with van der Waals surface area (Å²) in [4.78, 5) is 12.2. The zero-order chi connectivity index (χ0) is 8.97. The van der Waals surface area contributed by atoms with Crippen LogP contribution in [0.4, 0.5) is 0 Å². The van der Waals surface area contributed by atoms with E-state index in [1.165, 1.54) is 0 Å². The van der Waals surface area contributed by atoms with Gasteiger partial charge in [-0.3, -0.25) is 4.79 Å². The molecule has 1 unspecified atom stereocenters. The third-order valence-corrected chi connectivity index (χ3v) is 2.76. The number of rotatable bonds is 3. The summed E-state index contributed by atoms with van der Waals surface area (Å²) in [7, 11) is 1.75. The van der Waals surface area contributed by atoms with Gasteiger partial charge in [0.2, 0.25) is 6.41 Å². The van der Waals surface area contributed by atoms with Gasteiger partial charge in [0, 0.05) is 20.2 Å². The van der Waals surface area contributed by atoms with E-state index in [0.29, 0.717) is 12.0 Å². The maximum Gasteiger partial charge on any atom is 0.209 e. The molecule has 0 saturated carbocycles. The quantitative estimate of drug-likeness (QED) is 0.590. The molecule has 1 aliphatic heterocycles. The van der Waals surface area contributed by atoms with Gasteiger partial charge in [0.25, 0.3) is 0 Å². The van der Waals surface area contributed by atoms with Crippen molar-refractivity contribution in [1.82, 2.24) is 4.90 Å². The number of methoxy groups -OCH3 is 1. The minimum atomic E-state index is 0.332. The van der Waals surface area contributed by atoms with Crippen molar-refractivity contribution in [1.29, 1.82) is 0 Å². The van der Waals surface area contributed by atoms with Crippen molar-refractivity contribution in [2.45, 2.75) is 25.9 Å². The minimum absolute atomic E-state index is 0.332. The first-order valence-corrected chi connectivity index (χ1v) is 4.50. The van der Waals surface area contributed by atoms with Gasteiger partial charge in [-0.2, -0.15) is 0 Å². The zero-order valence-electron chi connectivity index (χ0n) is 7.82. The van der Waals surface area contributed by atoms with E-state index < -0.39 is 0 Å². The van der Waals surface area contributed by atoms with Gasteiger partial charge in [0.05, 0.1) is 6.10 Å². The number of piperidine rings is 1. The lowest BCUT2D eigenvalue weighted by molar-refractivity contribution is -0.120. The molecule has 1 atom stereocenters.